The molecule has 3 rings (SSSR count). The van der Waals surface area contributed by atoms with E-state index in [9.17, 15) is 13.2 Å². The minimum atomic E-state index is -3.76. The van der Waals surface area contributed by atoms with Crippen LogP contribution in [0.5, 0.6) is 5.75 Å². The van der Waals surface area contributed by atoms with Crippen molar-refractivity contribution in [2.75, 3.05) is 26.0 Å². The molecule has 1 heterocycles. The number of aryl methyl sites for hydroxylation is 1. The van der Waals surface area contributed by atoms with Gasteiger partial charge in [0.15, 0.2) is 4.34 Å². The number of rotatable bonds is 9. The summed E-state index contributed by atoms with van der Waals surface area (Å²) in [7, 11) is -2.49. The van der Waals surface area contributed by atoms with Crippen LogP contribution < -0.4 is 9.46 Å². The number of aromatic nitrogens is 1. The van der Waals surface area contributed by atoms with Gasteiger partial charge >= 0.3 is 5.97 Å². The second kappa shape index (κ2) is 9.99. The first-order chi connectivity index (χ1) is 14.7. The van der Waals surface area contributed by atoms with Crippen molar-refractivity contribution in [2.24, 2.45) is 0 Å². The number of carbonyl (C=O) groups is 1. The van der Waals surface area contributed by atoms with E-state index in [2.05, 4.69) is 9.71 Å². The summed E-state index contributed by atoms with van der Waals surface area (Å²) in [6.45, 7) is 6.30. The molecule has 0 fully saturated rings. The largest absolute Gasteiger partial charge is 0.494 e. The molecule has 2 aromatic carbocycles. The predicted molar refractivity (Wildman–Crippen MR) is 124 cm³/mol. The summed E-state index contributed by atoms with van der Waals surface area (Å²) >= 11 is 3.03. The quantitative estimate of drug-likeness (QED) is 0.279. The molecule has 0 radical (unpaired) electrons. The van der Waals surface area contributed by atoms with Crippen LogP contribution in [0.1, 0.15) is 28.4 Å². The third-order valence-electron chi connectivity index (χ3n) is 4.63. The average Bonchev–Trinajstić information content (AvgIpc) is 3.14. The van der Waals surface area contributed by atoms with E-state index in [0.29, 0.717) is 23.5 Å². The van der Waals surface area contributed by atoms with Crippen LogP contribution in [-0.4, -0.2) is 45.4 Å². The van der Waals surface area contributed by atoms with Gasteiger partial charge in [-0.1, -0.05) is 11.8 Å². The van der Waals surface area contributed by atoms with Gasteiger partial charge in [-0.25, -0.2) is 22.9 Å². The molecule has 0 bridgehead atoms. The molecule has 0 unspecified atom stereocenters. The maximum absolute atomic E-state index is 12.7. The number of nitrogens with zero attached hydrogens (tertiary/aromatic N) is 1. The molecule has 0 aliphatic heterocycles. The summed E-state index contributed by atoms with van der Waals surface area (Å²) in [5.41, 5.74) is 2.54. The maximum atomic E-state index is 12.7. The Balaban J connectivity index is 1.64. The van der Waals surface area contributed by atoms with Crippen LogP contribution in [0.3, 0.4) is 0 Å². The van der Waals surface area contributed by atoms with E-state index in [4.69, 9.17) is 9.47 Å². The molecule has 0 atom stereocenters. The van der Waals surface area contributed by atoms with Gasteiger partial charge < -0.3 is 9.47 Å². The highest BCUT2D eigenvalue weighted by Gasteiger charge is 2.20. The second-order valence-corrected chi connectivity index (χ2v) is 10.8. The number of benzene rings is 2. The molecule has 1 N–H and O–H groups in total. The van der Waals surface area contributed by atoms with Gasteiger partial charge in [-0.2, -0.15) is 0 Å². The van der Waals surface area contributed by atoms with Crippen LogP contribution in [0, 0.1) is 13.8 Å². The summed E-state index contributed by atoms with van der Waals surface area (Å²) < 4.78 is 40.2. The van der Waals surface area contributed by atoms with E-state index in [1.54, 1.807) is 31.3 Å². The molecular weight excluding hydrogens is 456 g/mol. The van der Waals surface area contributed by atoms with Gasteiger partial charge in [-0.15, -0.1) is 11.3 Å². The van der Waals surface area contributed by atoms with Crippen molar-refractivity contribution >= 4 is 49.3 Å². The van der Waals surface area contributed by atoms with Crippen molar-refractivity contribution in [3.05, 3.63) is 47.0 Å². The highest BCUT2D eigenvalue weighted by molar-refractivity contribution is 8.01. The van der Waals surface area contributed by atoms with Crippen molar-refractivity contribution < 1.29 is 22.7 Å². The lowest BCUT2D eigenvalue weighted by Crippen LogP contribution is -2.26. The van der Waals surface area contributed by atoms with Crippen LogP contribution in [-0.2, 0) is 14.8 Å². The van der Waals surface area contributed by atoms with Crippen molar-refractivity contribution in [3.8, 4) is 5.75 Å². The Morgan fingerprint density at radius 1 is 1.23 bits per heavy atom. The summed E-state index contributed by atoms with van der Waals surface area (Å²) in [5, 5.41) is 0. The third kappa shape index (κ3) is 5.57. The Bertz CT molecular complexity index is 1210. The first kappa shape index (κ1) is 23.5. The number of nitrogens with one attached hydrogen (secondary N) is 1. The maximum Gasteiger partial charge on any atom is 0.338 e. The fourth-order valence-corrected chi connectivity index (χ4v) is 6.20. The highest BCUT2D eigenvalue weighted by Crippen LogP contribution is 2.31. The van der Waals surface area contributed by atoms with Gasteiger partial charge in [0, 0.05) is 12.3 Å². The average molecular weight is 481 g/mol. The Hall–Kier alpha value is -2.14. The fourth-order valence-electron chi connectivity index (χ4n) is 2.90. The van der Waals surface area contributed by atoms with E-state index in [0.717, 1.165) is 20.3 Å². The fraction of sp³-hybridized carbons (Fsp3) is 0.333. The van der Waals surface area contributed by atoms with Gasteiger partial charge in [0.05, 0.1) is 34.4 Å². The molecule has 0 aliphatic carbocycles. The standard InChI is InChI=1S/C21H24N2O5S3/c1-5-28-15-6-7-18-19(11-15)30-21(23-18)29-9-8-22-31(25,26)16-10-13(2)14(3)17(12-16)20(24)27-4/h6-7,10-12,22H,5,8-9H2,1-4H3. The number of esters is 1. The molecule has 3 aromatic rings. The molecule has 0 amide bonds. The summed E-state index contributed by atoms with van der Waals surface area (Å²) in [6, 6.07) is 8.68. The summed E-state index contributed by atoms with van der Waals surface area (Å²) in [6.07, 6.45) is 0. The molecule has 0 aliphatic rings. The van der Waals surface area contributed by atoms with E-state index in [-0.39, 0.29) is 17.0 Å². The molecular formula is C21H24N2O5S3. The van der Waals surface area contributed by atoms with E-state index in [1.807, 2.05) is 25.1 Å². The van der Waals surface area contributed by atoms with Gasteiger partial charge in [0.25, 0.3) is 0 Å². The Morgan fingerprint density at radius 2 is 2.00 bits per heavy atom. The monoisotopic (exact) mass is 480 g/mol. The number of thioether (sulfide) groups is 1. The number of sulfonamides is 1. The van der Waals surface area contributed by atoms with Gasteiger partial charge in [0.2, 0.25) is 10.0 Å². The van der Waals surface area contributed by atoms with E-state index >= 15 is 0 Å². The number of methoxy groups -OCH3 is 1. The van der Waals surface area contributed by atoms with Crippen molar-refractivity contribution in [1.82, 2.24) is 9.71 Å². The Labute approximate surface area is 190 Å². The van der Waals surface area contributed by atoms with Crippen molar-refractivity contribution in [2.45, 2.75) is 30.0 Å². The van der Waals surface area contributed by atoms with Gasteiger partial charge in [-0.3, -0.25) is 0 Å². The first-order valence-corrected chi connectivity index (χ1v) is 12.9. The lowest BCUT2D eigenvalue weighted by atomic mass is 10.0. The van der Waals surface area contributed by atoms with Crippen LogP contribution in [0.4, 0.5) is 0 Å². The Kier molecular flexibility index (Phi) is 7.58. The molecule has 0 spiro atoms. The summed E-state index contributed by atoms with van der Waals surface area (Å²) in [4.78, 5) is 16.6. The van der Waals surface area contributed by atoms with Crippen LogP contribution >= 0.6 is 23.1 Å². The molecule has 7 nitrogen and oxygen atoms in total. The number of hydrogen-bond donors (Lipinski definition) is 1. The lowest BCUT2D eigenvalue weighted by molar-refractivity contribution is 0.0599. The van der Waals surface area contributed by atoms with E-state index < -0.39 is 16.0 Å². The number of fused-ring (bicyclic) bond motifs is 1. The number of carbonyl (C=O) groups excluding carboxylic acids is 1. The van der Waals surface area contributed by atoms with Gasteiger partial charge in [-0.05, 0) is 62.2 Å². The zero-order valence-electron chi connectivity index (χ0n) is 17.7. The first-order valence-electron chi connectivity index (χ1n) is 9.60. The minimum Gasteiger partial charge on any atom is -0.494 e. The lowest BCUT2D eigenvalue weighted by Gasteiger charge is -2.12. The second-order valence-electron chi connectivity index (χ2n) is 6.69. The number of hydrogen-bond acceptors (Lipinski definition) is 8. The van der Waals surface area contributed by atoms with Crippen molar-refractivity contribution in [3.63, 3.8) is 0 Å². The molecule has 10 heteroatoms. The number of thiazole rings is 1. The molecule has 0 saturated heterocycles. The topological polar surface area (TPSA) is 94.6 Å². The van der Waals surface area contributed by atoms with Crippen LogP contribution in [0.25, 0.3) is 10.2 Å². The van der Waals surface area contributed by atoms with E-state index in [1.165, 1.54) is 24.9 Å². The molecule has 166 valence electrons. The van der Waals surface area contributed by atoms with Crippen molar-refractivity contribution in [1.29, 1.82) is 0 Å². The van der Waals surface area contributed by atoms with Crippen LogP contribution in [0.2, 0.25) is 0 Å². The van der Waals surface area contributed by atoms with Gasteiger partial charge in [0.1, 0.15) is 5.75 Å². The molecule has 0 saturated carbocycles. The molecule has 1 aromatic heterocycles. The smallest absolute Gasteiger partial charge is 0.338 e. The predicted octanol–water partition coefficient (Wildman–Crippen LogP) is 4.17. The zero-order chi connectivity index (χ0) is 22.6. The third-order valence-corrected chi connectivity index (χ3v) is 8.23. The number of ether oxygens (including phenoxy) is 2. The molecule has 31 heavy (non-hydrogen) atoms. The zero-order valence-corrected chi connectivity index (χ0v) is 20.2. The Morgan fingerprint density at radius 3 is 2.71 bits per heavy atom. The minimum absolute atomic E-state index is 0.0458. The normalized spacial score (nSPS) is 11.6. The summed E-state index contributed by atoms with van der Waals surface area (Å²) in [5.74, 6) is 0.769. The highest BCUT2D eigenvalue weighted by atomic mass is 32.2. The SMILES string of the molecule is CCOc1ccc2nc(SCCNS(=O)(=O)c3cc(C)c(C)c(C(=O)OC)c3)sc2c1. The van der Waals surface area contributed by atoms with Crippen LogP contribution in [0.15, 0.2) is 39.6 Å².